The Balaban J connectivity index is 2.40. The van der Waals surface area contributed by atoms with E-state index in [9.17, 15) is 0 Å². The predicted octanol–water partition coefficient (Wildman–Crippen LogP) is 4.16. The van der Waals surface area contributed by atoms with Gasteiger partial charge in [-0.15, -0.1) is 10.2 Å². The average Bonchev–Trinajstić information content (AvgIpc) is 2.80. The summed E-state index contributed by atoms with van der Waals surface area (Å²) in [5.74, 6) is 1.91. The highest BCUT2D eigenvalue weighted by Gasteiger charge is 2.15. The number of hydrogen-bond acceptors (Lipinski definition) is 2. The van der Waals surface area contributed by atoms with Crippen LogP contribution in [0.1, 0.15) is 39.1 Å². The van der Waals surface area contributed by atoms with Crippen molar-refractivity contribution in [1.29, 1.82) is 0 Å². The van der Waals surface area contributed by atoms with Crippen molar-refractivity contribution in [2.24, 2.45) is 0 Å². The smallest absolute Gasteiger partial charge is 0.163 e. The fraction of sp³-hybridized carbons (Fsp3) is 0.467. The summed E-state index contributed by atoms with van der Waals surface area (Å²) in [6, 6.07) is 8.62. The summed E-state index contributed by atoms with van der Waals surface area (Å²) in [4.78, 5) is 0. The van der Waals surface area contributed by atoms with E-state index in [2.05, 4.69) is 82.7 Å². The molecule has 0 unspecified atom stereocenters. The van der Waals surface area contributed by atoms with Gasteiger partial charge in [-0.05, 0) is 17.9 Å². The van der Waals surface area contributed by atoms with Gasteiger partial charge in [0.15, 0.2) is 5.82 Å². The van der Waals surface area contributed by atoms with E-state index in [-0.39, 0.29) is 5.41 Å². The van der Waals surface area contributed by atoms with Gasteiger partial charge < -0.3 is 4.57 Å². The predicted molar refractivity (Wildman–Crippen MR) is 82.5 cm³/mol. The van der Waals surface area contributed by atoms with Crippen LogP contribution in [0.15, 0.2) is 24.3 Å². The number of aromatic nitrogens is 3. The van der Waals surface area contributed by atoms with Crippen LogP contribution in [-0.4, -0.2) is 14.8 Å². The van der Waals surface area contributed by atoms with Crippen LogP contribution in [0.4, 0.5) is 0 Å². The van der Waals surface area contributed by atoms with Crippen LogP contribution in [0.5, 0.6) is 0 Å². The van der Waals surface area contributed by atoms with E-state index in [1.165, 1.54) is 5.56 Å². The lowest BCUT2D eigenvalue weighted by atomic mass is 9.87. The summed E-state index contributed by atoms with van der Waals surface area (Å²) >= 11 is 3.45. The van der Waals surface area contributed by atoms with Crippen LogP contribution in [0.3, 0.4) is 0 Å². The molecule has 4 heteroatoms. The lowest BCUT2D eigenvalue weighted by Crippen LogP contribution is -2.10. The third kappa shape index (κ3) is 2.89. The van der Waals surface area contributed by atoms with E-state index in [1.54, 1.807) is 0 Å². The van der Waals surface area contributed by atoms with Gasteiger partial charge in [0.25, 0.3) is 0 Å². The normalized spacial score (nSPS) is 11.8. The topological polar surface area (TPSA) is 30.7 Å². The van der Waals surface area contributed by atoms with Gasteiger partial charge in [-0.3, -0.25) is 0 Å². The second kappa shape index (κ2) is 5.45. The Morgan fingerprint density at radius 3 is 2.21 bits per heavy atom. The maximum atomic E-state index is 4.30. The van der Waals surface area contributed by atoms with Gasteiger partial charge in [0.1, 0.15) is 5.82 Å². The van der Waals surface area contributed by atoms with Crippen LogP contribution in [0.2, 0.25) is 0 Å². The van der Waals surface area contributed by atoms with E-state index >= 15 is 0 Å². The first kappa shape index (κ1) is 14.3. The van der Waals surface area contributed by atoms with Crippen molar-refractivity contribution in [3.05, 3.63) is 35.7 Å². The van der Waals surface area contributed by atoms with Gasteiger partial charge in [-0.2, -0.15) is 0 Å². The molecule has 0 radical (unpaired) electrons. The van der Waals surface area contributed by atoms with E-state index < -0.39 is 0 Å². The van der Waals surface area contributed by atoms with Crippen LogP contribution in [0, 0.1) is 0 Å². The average molecular weight is 322 g/mol. The van der Waals surface area contributed by atoms with Crippen LogP contribution < -0.4 is 0 Å². The van der Waals surface area contributed by atoms with Crippen molar-refractivity contribution in [2.75, 3.05) is 0 Å². The lowest BCUT2D eigenvalue weighted by Gasteiger charge is -2.19. The number of benzene rings is 1. The monoisotopic (exact) mass is 321 g/mol. The third-order valence-electron chi connectivity index (χ3n) is 3.27. The highest BCUT2D eigenvalue weighted by atomic mass is 79.9. The molecule has 0 aliphatic carbocycles. The second-order valence-corrected chi connectivity index (χ2v) is 6.21. The minimum Gasteiger partial charge on any atom is -0.311 e. The highest BCUT2D eigenvalue weighted by Crippen LogP contribution is 2.26. The largest absolute Gasteiger partial charge is 0.311 e. The highest BCUT2D eigenvalue weighted by molar-refractivity contribution is 9.08. The molecule has 0 spiro atoms. The summed E-state index contributed by atoms with van der Waals surface area (Å²) in [5, 5.41) is 9.25. The summed E-state index contributed by atoms with van der Waals surface area (Å²) < 4.78 is 2.14. The van der Waals surface area contributed by atoms with Gasteiger partial charge in [0.2, 0.25) is 0 Å². The molecule has 0 saturated heterocycles. The van der Waals surface area contributed by atoms with Gasteiger partial charge in [0, 0.05) is 12.1 Å². The number of rotatable bonds is 3. The Kier molecular flexibility index (Phi) is 4.09. The van der Waals surface area contributed by atoms with Crippen molar-refractivity contribution in [3.63, 3.8) is 0 Å². The van der Waals surface area contributed by atoms with E-state index in [1.807, 2.05) is 0 Å². The molecule has 1 aromatic heterocycles. The lowest BCUT2D eigenvalue weighted by molar-refractivity contribution is 0.590. The molecule has 1 heterocycles. The fourth-order valence-electron chi connectivity index (χ4n) is 2.10. The van der Waals surface area contributed by atoms with Gasteiger partial charge >= 0.3 is 0 Å². The molecule has 0 aliphatic rings. The van der Waals surface area contributed by atoms with Gasteiger partial charge in [-0.1, -0.05) is 61.0 Å². The zero-order valence-electron chi connectivity index (χ0n) is 11.9. The first-order valence-corrected chi connectivity index (χ1v) is 7.68. The molecule has 1 aromatic carbocycles. The number of nitrogens with zero attached hydrogens (tertiary/aromatic N) is 3. The quantitative estimate of drug-likeness (QED) is 0.795. The molecule has 19 heavy (non-hydrogen) atoms. The molecule has 0 amide bonds. The third-order valence-corrected chi connectivity index (χ3v) is 3.77. The first-order chi connectivity index (χ1) is 8.97. The summed E-state index contributed by atoms with van der Waals surface area (Å²) in [5.41, 5.74) is 2.63. The summed E-state index contributed by atoms with van der Waals surface area (Å²) in [7, 11) is 0. The van der Waals surface area contributed by atoms with E-state index in [0.717, 1.165) is 29.1 Å². The molecule has 2 aromatic rings. The molecule has 102 valence electrons. The molecular formula is C15H20BrN3. The van der Waals surface area contributed by atoms with Crippen molar-refractivity contribution in [1.82, 2.24) is 14.8 Å². The number of hydrogen-bond donors (Lipinski definition) is 0. The number of alkyl halides is 1. The van der Waals surface area contributed by atoms with Gasteiger partial charge in [0.05, 0.1) is 5.33 Å². The fourth-order valence-corrected chi connectivity index (χ4v) is 2.51. The Morgan fingerprint density at radius 2 is 1.74 bits per heavy atom. The summed E-state index contributed by atoms with van der Waals surface area (Å²) in [6.45, 7) is 9.66. The first-order valence-electron chi connectivity index (χ1n) is 6.56. The Morgan fingerprint density at radius 1 is 1.11 bits per heavy atom. The minimum atomic E-state index is 0.179. The molecule has 0 fully saturated rings. The van der Waals surface area contributed by atoms with Crippen molar-refractivity contribution in [2.45, 2.75) is 45.0 Å². The molecular weight excluding hydrogens is 302 g/mol. The maximum absolute atomic E-state index is 4.30. The molecule has 3 nitrogen and oxygen atoms in total. The maximum Gasteiger partial charge on any atom is 0.163 e. The van der Waals surface area contributed by atoms with Crippen molar-refractivity contribution >= 4 is 15.9 Å². The Bertz CT molecular complexity index is 550. The minimum absolute atomic E-state index is 0.179. The van der Waals surface area contributed by atoms with Gasteiger partial charge in [-0.25, -0.2) is 0 Å². The van der Waals surface area contributed by atoms with E-state index in [0.29, 0.717) is 0 Å². The standard InChI is InChI=1S/C15H20BrN3/c1-5-19-13(10-16)17-18-14(19)11-6-8-12(9-7-11)15(2,3)4/h6-9H,5,10H2,1-4H3. The summed E-state index contributed by atoms with van der Waals surface area (Å²) in [6.07, 6.45) is 0. The molecule has 0 atom stereocenters. The molecule has 0 bridgehead atoms. The Hall–Kier alpha value is -1.16. The van der Waals surface area contributed by atoms with Crippen molar-refractivity contribution < 1.29 is 0 Å². The molecule has 0 saturated carbocycles. The molecule has 0 aliphatic heterocycles. The number of halogens is 1. The molecule has 2 rings (SSSR count). The van der Waals surface area contributed by atoms with E-state index in [4.69, 9.17) is 0 Å². The van der Waals surface area contributed by atoms with Crippen LogP contribution >= 0.6 is 15.9 Å². The molecule has 0 N–H and O–H groups in total. The van der Waals surface area contributed by atoms with Crippen LogP contribution in [-0.2, 0) is 17.3 Å². The van der Waals surface area contributed by atoms with Crippen LogP contribution in [0.25, 0.3) is 11.4 Å². The SMILES string of the molecule is CCn1c(CBr)nnc1-c1ccc(C(C)(C)C)cc1. The van der Waals surface area contributed by atoms with Crippen molar-refractivity contribution in [3.8, 4) is 11.4 Å². The Labute approximate surface area is 123 Å². The zero-order valence-corrected chi connectivity index (χ0v) is 13.5. The zero-order chi connectivity index (χ0) is 14.0. The second-order valence-electron chi connectivity index (χ2n) is 5.65.